The molecule has 0 aliphatic carbocycles. The van der Waals surface area contributed by atoms with Gasteiger partial charge in [-0.3, -0.25) is 4.74 Å². The molecule has 0 saturated heterocycles. The quantitative estimate of drug-likeness (QED) is 0.636. The minimum absolute atomic E-state index is 0.204. The lowest BCUT2D eigenvalue weighted by molar-refractivity contribution is -0.539. The molecule has 0 unspecified atom stereocenters. The van der Waals surface area contributed by atoms with Crippen molar-refractivity contribution in [2.45, 2.75) is 44.5 Å². The summed E-state index contributed by atoms with van der Waals surface area (Å²) >= 11 is 1.74. The third kappa shape index (κ3) is 2.09. The lowest BCUT2D eigenvalue weighted by Gasteiger charge is -2.32. The van der Waals surface area contributed by atoms with Crippen LogP contribution in [0.15, 0.2) is 24.3 Å². The predicted molar refractivity (Wildman–Crippen MR) is 82.1 cm³/mol. The Morgan fingerprint density at radius 3 is 2.15 bits per heavy atom. The SMILES string of the molecule is CSCc1ccc(C2=[N+]([O-])C(C)(C)C(C)(C)N2[O])cc1. The normalized spacial score (nSPS) is 20.6. The molecule has 0 aromatic heterocycles. The number of hydrogen-bond acceptors (Lipinski definition) is 3. The summed E-state index contributed by atoms with van der Waals surface area (Å²) in [5.41, 5.74) is 0.344. The molecule has 0 amide bonds. The van der Waals surface area contributed by atoms with E-state index >= 15 is 0 Å². The molecule has 0 atom stereocenters. The maximum atomic E-state index is 12.5. The van der Waals surface area contributed by atoms with Gasteiger partial charge in [0.15, 0.2) is 5.54 Å². The standard InChI is InChI=1S/C15H21N2O2S/c1-14(2)15(3,4)17(19)13(16(14)18)12-8-6-11(7-9-12)10-20-5/h6-9H,10H2,1-5H3. The molecule has 1 radical (unpaired) electrons. The summed E-state index contributed by atoms with van der Waals surface area (Å²) in [6.07, 6.45) is 2.05. The van der Waals surface area contributed by atoms with Crippen molar-refractivity contribution in [1.29, 1.82) is 0 Å². The molecule has 1 heterocycles. The number of thioether (sulfide) groups is 1. The number of benzene rings is 1. The molecule has 20 heavy (non-hydrogen) atoms. The molecule has 1 aliphatic rings. The van der Waals surface area contributed by atoms with Crippen LogP contribution in [0.4, 0.5) is 0 Å². The molecular weight excluding hydrogens is 272 g/mol. The summed E-state index contributed by atoms with van der Waals surface area (Å²) in [6, 6.07) is 7.65. The van der Waals surface area contributed by atoms with E-state index in [-0.39, 0.29) is 5.84 Å². The molecule has 0 bridgehead atoms. The fourth-order valence-corrected chi connectivity index (χ4v) is 2.79. The summed E-state index contributed by atoms with van der Waals surface area (Å²) in [7, 11) is 0. The van der Waals surface area contributed by atoms with Crippen LogP contribution in [0.1, 0.15) is 38.8 Å². The van der Waals surface area contributed by atoms with Gasteiger partial charge in [0.2, 0.25) is 0 Å². The molecular formula is C15H21N2O2S. The Kier molecular flexibility index (Phi) is 3.77. The van der Waals surface area contributed by atoms with Crippen LogP contribution in [0, 0.1) is 5.21 Å². The zero-order chi connectivity index (χ0) is 15.1. The van der Waals surface area contributed by atoms with Gasteiger partial charge in [0.05, 0.1) is 5.56 Å². The van der Waals surface area contributed by atoms with Gasteiger partial charge in [-0.25, -0.2) is 0 Å². The van der Waals surface area contributed by atoms with E-state index in [1.54, 1.807) is 39.5 Å². The minimum atomic E-state index is -0.762. The summed E-state index contributed by atoms with van der Waals surface area (Å²) < 4.78 is 0.851. The zero-order valence-corrected chi connectivity index (χ0v) is 13.5. The second-order valence-corrected chi connectivity index (χ2v) is 7.03. The van der Waals surface area contributed by atoms with Crippen LogP contribution in [0.3, 0.4) is 0 Å². The summed E-state index contributed by atoms with van der Waals surface area (Å²) in [6.45, 7) is 7.22. The Morgan fingerprint density at radius 1 is 1.20 bits per heavy atom. The highest BCUT2D eigenvalue weighted by Gasteiger charge is 2.59. The first-order chi connectivity index (χ1) is 9.23. The van der Waals surface area contributed by atoms with Crippen LogP contribution < -0.4 is 0 Å². The van der Waals surface area contributed by atoms with Gasteiger partial charge in [0, 0.05) is 11.0 Å². The van der Waals surface area contributed by atoms with Crippen LogP contribution in [-0.2, 0) is 11.0 Å². The van der Waals surface area contributed by atoms with Crippen molar-refractivity contribution in [3.05, 3.63) is 40.6 Å². The van der Waals surface area contributed by atoms with E-state index in [1.807, 2.05) is 30.5 Å². The lowest BCUT2D eigenvalue weighted by Crippen LogP contribution is -2.53. The minimum Gasteiger partial charge on any atom is -0.714 e. The zero-order valence-electron chi connectivity index (χ0n) is 12.6. The molecule has 2 rings (SSSR count). The fourth-order valence-electron chi connectivity index (χ4n) is 2.26. The maximum Gasteiger partial charge on any atom is 0.316 e. The Labute approximate surface area is 124 Å². The topological polar surface area (TPSA) is 49.2 Å². The average Bonchev–Trinajstić information content (AvgIpc) is 2.51. The molecule has 0 N–H and O–H groups in total. The third-order valence-corrected chi connectivity index (χ3v) is 5.04. The van der Waals surface area contributed by atoms with E-state index in [0.717, 1.165) is 15.6 Å². The predicted octanol–water partition coefficient (Wildman–Crippen LogP) is 3.02. The van der Waals surface area contributed by atoms with Crippen LogP contribution >= 0.6 is 11.8 Å². The summed E-state index contributed by atoms with van der Waals surface area (Å²) in [5, 5.41) is 25.8. The smallest absolute Gasteiger partial charge is 0.316 e. The van der Waals surface area contributed by atoms with E-state index in [0.29, 0.717) is 5.56 Å². The van der Waals surface area contributed by atoms with Gasteiger partial charge in [0.1, 0.15) is 5.54 Å². The van der Waals surface area contributed by atoms with E-state index < -0.39 is 11.1 Å². The van der Waals surface area contributed by atoms with Crippen molar-refractivity contribution < 1.29 is 9.95 Å². The first-order valence-corrected chi connectivity index (χ1v) is 8.03. The van der Waals surface area contributed by atoms with Gasteiger partial charge in [-0.1, -0.05) is 17.2 Å². The van der Waals surface area contributed by atoms with Crippen molar-refractivity contribution in [1.82, 2.24) is 5.06 Å². The van der Waals surface area contributed by atoms with Crippen LogP contribution in [-0.4, -0.2) is 33.0 Å². The molecule has 5 heteroatoms. The van der Waals surface area contributed by atoms with Crippen LogP contribution in [0.2, 0.25) is 0 Å². The highest BCUT2D eigenvalue weighted by molar-refractivity contribution is 7.97. The second-order valence-electron chi connectivity index (χ2n) is 6.16. The van der Waals surface area contributed by atoms with E-state index in [2.05, 4.69) is 0 Å². The first kappa shape index (κ1) is 15.2. The number of nitrogens with zero attached hydrogens (tertiary/aromatic N) is 2. The van der Waals surface area contributed by atoms with Gasteiger partial charge in [-0.2, -0.15) is 11.8 Å². The third-order valence-electron chi connectivity index (χ3n) is 4.42. The Morgan fingerprint density at radius 2 is 1.75 bits per heavy atom. The van der Waals surface area contributed by atoms with Gasteiger partial charge in [0.25, 0.3) is 0 Å². The van der Waals surface area contributed by atoms with Gasteiger partial charge < -0.3 is 5.21 Å². The largest absolute Gasteiger partial charge is 0.714 e. The highest BCUT2D eigenvalue weighted by Crippen LogP contribution is 2.37. The first-order valence-electron chi connectivity index (χ1n) is 6.63. The molecule has 0 saturated carbocycles. The van der Waals surface area contributed by atoms with Crippen molar-refractivity contribution in [2.24, 2.45) is 0 Å². The van der Waals surface area contributed by atoms with Crippen LogP contribution in [0.5, 0.6) is 0 Å². The number of amidine groups is 1. The summed E-state index contributed by atoms with van der Waals surface area (Å²) in [5.74, 6) is 1.13. The number of hydroxylamine groups is 3. The maximum absolute atomic E-state index is 12.5. The van der Waals surface area contributed by atoms with Crippen molar-refractivity contribution >= 4 is 17.6 Å². The molecule has 1 aromatic carbocycles. The van der Waals surface area contributed by atoms with Crippen molar-refractivity contribution in [3.8, 4) is 0 Å². The molecule has 0 spiro atoms. The molecule has 1 aromatic rings. The van der Waals surface area contributed by atoms with E-state index in [4.69, 9.17) is 0 Å². The van der Waals surface area contributed by atoms with Crippen LogP contribution in [0.25, 0.3) is 0 Å². The van der Waals surface area contributed by atoms with Gasteiger partial charge >= 0.3 is 5.84 Å². The van der Waals surface area contributed by atoms with E-state index in [9.17, 15) is 10.4 Å². The van der Waals surface area contributed by atoms with Gasteiger partial charge in [-0.05, 0) is 51.6 Å². The Balaban J connectivity index is 2.44. The monoisotopic (exact) mass is 293 g/mol. The Bertz CT molecular complexity index is 535. The van der Waals surface area contributed by atoms with Gasteiger partial charge in [-0.15, -0.1) is 0 Å². The summed E-state index contributed by atoms with van der Waals surface area (Å²) in [4.78, 5) is 0. The lowest BCUT2D eigenvalue weighted by atomic mass is 9.84. The number of hydrogen-bond donors (Lipinski definition) is 0. The molecule has 4 nitrogen and oxygen atoms in total. The molecule has 0 fully saturated rings. The average molecular weight is 293 g/mol. The molecule has 109 valence electrons. The second kappa shape index (κ2) is 4.97. The number of rotatable bonds is 3. The Hall–Kier alpha value is -1.20. The highest BCUT2D eigenvalue weighted by atomic mass is 32.2. The molecule has 1 aliphatic heterocycles. The van der Waals surface area contributed by atoms with E-state index in [1.165, 1.54) is 5.56 Å². The van der Waals surface area contributed by atoms with Crippen molar-refractivity contribution in [2.75, 3.05) is 6.26 Å². The van der Waals surface area contributed by atoms with Crippen molar-refractivity contribution in [3.63, 3.8) is 0 Å². The fraction of sp³-hybridized carbons (Fsp3) is 0.533.